The van der Waals surface area contributed by atoms with E-state index in [1.165, 1.54) is 18.2 Å². The summed E-state index contributed by atoms with van der Waals surface area (Å²) in [4.78, 5) is 0. The fraction of sp³-hybridized carbons (Fsp3) is 0.182. The van der Waals surface area contributed by atoms with Gasteiger partial charge in [0.1, 0.15) is 0 Å². The maximum atomic E-state index is 14.1. The number of unbranched alkanes of at least 4 members (excludes halogenated alkanes) is 1. The van der Waals surface area contributed by atoms with Crippen molar-refractivity contribution in [3.05, 3.63) is 90.2 Å². The van der Waals surface area contributed by atoms with Gasteiger partial charge < -0.3 is 0 Å². The molecule has 0 amide bonds. The summed E-state index contributed by atoms with van der Waals surface area (Å²) in [5.41, 5.74) is 0. The Labute approximate surface area is 156 Å². The summed E-state index contributed by atoms with van der Waals surface area (Å²) in [6, 6.07) is 19.8. The summed E-state index contributed by atoms with van der Waals surface area (Å²) in [7, 11) is 0. The standard InChI is InChI=1S/3C6H4F.C4H9.Sn/c3*7-6-4-2-1-3-5-6;1-3-4-2;/h3*1-2,4-5H;1,3-4H2,2H3;. The van der Waals surface area contributed by atoms with Gasteiger partial charge in [-0.05, 0) is 0 Å². The molecule has 3 aromatic carbocycles. The van der Waals surface area contributed by atoms with Crippen LogP contribution in [0.15, 0.2) is 72.8 Å². The molecule has 0 N–H and O–H groups in total. The van der Waals surface area contributed by atoms with Crippen LogP contribution in [0.25, 0.3) is 0 Å². The van der Waals surface area contributed by atoms with Gasteiger partial charge in [-0.1, -0.05) is 0 Å². The molecule has 0 atom stereocenters. The first-order valence-electron chi connectivity index (χ1n) is 8.84. The summed E-state index contributed by atoms with van der Waals surface area (Å²) in [5, 5.41) is 0. The van der Waals surface area contributed by atoms with Crippen LogP contribution in [0, 0.1) is 17.5 Å². The molecular formula is C22H21F3Sn. The molecule has 0 saturated heterocycles. The van der Waals surface area contributed by atoms with Crippen molar-refractivity contribution in [2.24, 2.45) is 0 Å². The van der Waals surface area contributed by atoms with E-state index < -0.39 is 18.4 Å². The monoisotopic (exact) mass is 462 g/mol. The Hall–Kier alpha value is -1.75. The third-order valence-electron chi connectivity index (χ3n) is 4.86. The zero-order chi connectivity index (χ0) is 18.6. The van der Waals surface area contributed by atoms with Crippen molar-refractivity contribution in [2.45, 2.75) is 24.2 Å². The Kier molecular flexibility index (Phi) is 6.07. The van der Waals surface area contributed by atoms with Gasteiger partial charge >= 0.3 is 157 Å². The summed E-state index contributed by atoms with van der Waals surface area (Å²) >= 11 is -3.75. The van der Waals surface area contributed by atoms with Crippen molar-refractivity contribution in [3.8, 4) is 0 Å². The molecule has 26 heavy (non-hydrogen) atoms. The minimum absolute atomic E-state index is 0.312. The normalized spacial score (nSPS) is 11.5. The second-order valence-electron chi connectivity index (χ2n) is 6.54. The van der Waals surface area contributed by atoms with Gasteiger partial charge in [0.2, 0.25) is 0 Å². The Morgan fingerprint density at radius 3 is 1.35 bits per heavy atom. The van der Waals surface area contributed by atoms with Crippen molar-refractivity contribution in [1.29, 1.82) is 0 Å². The number of benzene rings is 3. The molecule has 3 rings (SSSR count). The summed E-state index contributed by atoms with van der Waals surface area (Å²) in [6.07, 6.45) is 1.90. The molecule has 0 nitrogen and oxygen atoms in total. The molecule has 0 aliphatic heterocycles. The third-order valence-corrected chi connectivity index (χ3v) is 19.1. The van der Waals surface area contributed by atoms with E-state index in [0.29, 0.717) is 0 Å². The SMILES string of the molecule is CCC[CH2][Sn]([c]1cccc(F)c1)([c]1cccc(F)c1)[c]1cccc(F)c1. The van der Waals surface area contributed by atoms with Crippen LogP contribution >= 0.6 is 0 Å². The van der Waals surface area contributed by atoms with Crippen molar-refractivity contribution in [3.63, 3.8) is 0 Å². The Morgan fingerprint density at radius 2 is 1.04 bits per heavy atom. The molecule has 0 bridgehead atoms. The second-order valence-corrected chi connectivity index (χ2v) is 18.1. The summed E-state index contributed by atoms with van der Waals surface area (Å²) in [5.74, 6) is -0.936. The number of rotatable bonds is 6. The van der Waals surface area contributed by atoms with E-state index in [9.17, 15) is 13.2 Å². The number of hydrogen-bond acceptors (Lipinski definition) is 0. The van der Waals surface area contributed by atoms with Crippen LogP contribution in [-0.4, -0.2) is 18.4 Å². The van der Waals surface area contributed by atoms with Crippen LogP contribution < -0.4 is 10.7 Å². The second kappa shape index (κ2) is 8.29. The van der Waals surface area contributed by atoms with Crippen LogP contribution in [0.3, 0.4) is 0 Å². The molecule has 134 valence electrons. The van der Waals surface area contributed by atoms with E-state index in [4.69, 9.17) is 0 Å². The van der Waals surface area contributed by atoms with Crippen LogP contribution in [0.1, 0.15) is 19.8 Å². The van der Waals surface area contributed by atoms with E-state index in [-0.39, 0.29) is 17.5 Å². The molecule has 0 heterocycles. The van der Waals surface area contributed by atoms with Crippen molar-refractivity contribution < 1.29 is 13.2 Å². The van der Waals surface area contributed by atoms with Gasteiger partial charge in [-0.25, -0.2) is 0 Å². The molecule has 0 aliphatic rings. The van der Waals surface area contributed by atoms with Crippen LogP contribution in [0.4, 0.5) is 13.2 Å². The van der Waals surface area contributed by atoms with Gasteiger partial charge in [-0.2, -0.15) is 0 Å². The maximum absolute atomic E-state index is 14.1. The van der Waals surface area contributed by atoms with Gasteiger partial charge in [-0.3, -0.25) is 0 Å². The molecule has 0 radical (unpaired) electrons. The predicted octanol–water partition coefficient (Wildman–Crippen LogP) is 4.37. The van der Waals surface area contributed by atoms with Gasteiger partial charge in [0.25, 0.3) is 0 Å². The van der Waals surface area contributed by atoms with E-state index in [2.05, 4.69) is 6.92 Å². The van der Waals surface area contributed by atoms with Gasteiger partial charge in [0.05, 0.1) is 0 Å². The fourth-order valence-corrected chi connectivity index (χ4v) is 18.0. The molecule has 0 unspecified atom stereocenters. The topological polar surface area (TPSA) is 0 Å². The molecule has 0 aliphatic carbocycles. The van der Waals surface area contributed by atoms with Crippen LogP contribution in [0.5, 0.6) is 0 Å². The molecular weight excluding hydrogens is 440 g/mol. The number of hydrogen-bond donors (Lipinski definition) is 0. The van der Waals surface area contributed by atoms with Gasteiger partial charge in [-0.15, -0.1) is 0 Å². The van der Waals surface area contributed by atoms with E-state index in [1.807, 2.05) is 18.2 Å². The average molecular weight is 461 g/mol. The Morgan fingerprint density at radius 1 is 0.654 bits per heavy atom. The molecule has 0 aromatic heterocycles. The van der Waals surface area contributed by atoms with E-state index in [1.54, 1.807) is 36.4 Å². The Balaban J connectivity index is 2.34. The van der Waals surface area contributed by atoms with E-state index in [0.717, 1.165) is 28.0 Å². The van der Waals surface area contributed by atoms with Gasteiger partial charge in [0, 0.05) is 0 Å². The molecule has 3 aromatic rings. The molecule has 0 spiro atoms. The van der Waals surface area contributed by atoms with Crippen molar-refractivity contribution in [1.82, 2.24) is 0 Å². The minimum atomic E-state index is -3.75. The van der Waals surface area contributed by atoms with Crippen molar-refractivity contribution in [2.75, 3.05) is 0 Å². The first-order chi connectivity index (χ1) is 12.6. The van der Waals surface area contributed by atoms with Crippen LogP contribution in [0.2, 0.25) is 4.44 Å². The Bertz CT molecular complexity index is 781. The zero-order valence-corrected chi connectivity index (χ0v) is 17.5. The summed E-state index contributed by atoms with van der Waals surface area (Å²) < 4.78 is 45.8. The molecule has 4 heteroatoms. The zero-order valence-electron chi connectivity index (χ0n) is 14.7. The first-order valence-corrected chi connectivity index (χ1v) is 15.1. The molecule has 0 fully saturated rings. The first kappa shape index (κ1) is 19.0. The van der Waals surface area contributed by atoms with Crippen LogP contribution in [-0.2, 0) is 0 Å². The predicted molar refractivity (Wildman–Crippen MR) is 104 cm³/mol. The quantitative estimate of drug-likeness (QED) is 0.479. The average Bonchev–Trinajstić information content (AvgIpc) is 2.63. The summed E-state index contributed by atoms with van der Waals surface area (Å²) in [6.45, 7) is 2.10. The fourth-order valence-electron chi connectivity index (χ4n) is 3.64. The van der Waals surface area contributed by atoms with E-state index >= 15 is 0 Å². The molecule has 0 saturated carbocycles. The number of halogens is 3. The van der Waals surface area contributed by atoms with Crippen molar-refractivity contribution >= 4 is 29.1 Å². The third kappa shape index (κ3) is 3.82. The van der Waals surface area contributed by atoms with Gasteiger partial charge in [0.15, 0.2) is 0 Å².